The maximum atomic E-state index is 13.2. The van der Waals surface area contributed by atoms with E-state index in [1.54, 1.807) is 36.4 Å². The van der Waals surface area contributed by atoms with Crippen LogP contribution in [0.1, 0.15) is 89.8 Å². The number of carbonyl (C=O) groups excluding carboxylic acids is 2. The van der Waals surface area contributed by atoms with Crippen molar-refractivity contribution in [3.8, 4) is 11.5 Å². The van der Waals surface area contributed by atoms with Crippen molar-refractivity contribution in [3.05, 3.63) is 94.5 Å². The average molecular weight is 471 g/mol. The predicted molar refractivity (Wildman–Crippen MR) is 138 cm³/mol. The molecular formula is C31H34O4. The molecule has 3 aromatic rings. The Morgan fingerprint density at radius 2 is 1.34 bits per heavy atom. The van der Waals surface area contributed by atoms with Crippen LogP contribution in [0.5, 0.6) is 11.5 Å². The maximum Gasteiger partial charge on any atom is 0.343 e. The van der Waals surface area contributed by atoms with E-state index in [9.17, 15) is 9.59 Å². The van der Waals surface area contributed by atoms with Gasteiger partial charge in [0.15, 0.2) is 11.5 Å². The van der Waals surface area contributed by atoms with Gasteiger partial charge in [-0.1, -0.05) is 76.1 Å². The van der Waals surface area contributed by atoms with Gasteiger partial charge in [0, 0.05) is 5.56 Å². The lowest BCUT2D eigenvalue weighted by atomic mass is 9.86. The SMILES string of the molecule is CCc1cc(C2CCCC2)c(CC(C)C)c(OC(=O)c2ccccc2)c1OC(=O)c1ccccc1. The first-order valence-electron chi connectivity index (χ1n) is 12.7. The smallest absolute Gasteiger partial charge is 0.343 e. The van der Waals surface area contributed by atoms with Crippen LogP contribution in [-0.2, 0) is 12.8 Å². The largest absolute Gasteiger partial charge is 0.419 e. The zero-order valence-corrected chi connectivity index (χ0v) is 20.9. The van der Waals surface area contributed by atoms with Crippen molar-refractivity contribution in [3.63, 3.8) is 0 Å². The fraction of sp³-hybridized carbons (Fsp3) is 0.355. The van der Waals surface area contributed by atoms with Crippen LogP contribution in [0.25, 0.3) is 0 Å². The Balaban J connectivity index is 1.86. The van der Waals surface area contributed by atoms with Crippen molar-refractivity contribution in [1.29, 1.82) is 0 Å². The summed E-state index contributed by atoms with van der Waals surface area (Å²) >= 11 is 0. The van der Waals surface area contributed by atoms with E-state index < -0.39 is 11.9 Å². The van der Waals surface area contributed by atoms with Crippen LogP contribution in [0.15, 0.2) is 66.7 Å². The molecule has 0 unspecified atom stereocenters. The average Bonchev–Trinajstić information content (AvgIpc) is 3.41. The van der Waals surface area contributed by atoms with Crippen molar-refractivity contribution in [1.82, 2.24) is 0 Å². The van der Waals surface area contributed by atoms with Gasteiger partial charge in [-0.15, -0.1) is 0 Å². The normalized spacial score (nSPS) is 13.7. The number of carbonyl (C=O) groups is 2. The number of benzene rings is 3. The molecule has 1 aliphatic rings. The second kappa shape index (κ2) is 11.4. The van der Waals surface area contributed by atoms with Crippen LogP contribution in [0.4, 0.5) is 0 Å². The summed E-state index contributed by atoms with van der Waals surface area (Å²) in [5.74, 6) is 0.636. The Hall–Kier alpha value is -3.40. The number of esters is 2. The molecule has 4 rings (SSSR count). The molecule has 0 amide bonds. The Kier molecular flexibility index (Phi) is 8.02. The van der Waals surface area contributed by atoms with E-state index in [0.29, 0.717) is 40.9 Å². The lowest BCUT2D eigenvalue weighted by Gasteiger charge is -2.24. The van der Waals surface area contributed by atoms with Gasteiger partial charge >= 0.3 is 11.9 Å². The highest BCUT2D eigenvalue weighted by Crippen LogP contribution is 2.46. The molecule has 0 radical (unpaired) electrons. The standard InChI is InChI=1S/C31H34O4/c1-4-22-20-26(23-13-11-12-14-23)27(19-21(2)3)29(35-31(33)25-17-9-6-10-18-25)28(22)34-30(32)24-15-7-5-8-16-24/h5-10,15-18,20-21,23H,4,11-14,19H2,1-3H3. The number of hydrogen-bond acceptors (Lipinski definition) is 4. The first kappa shape index (κ1) is 24.7. The minimum absolute atomic E-state index is 0.342. The highest BCUT2D eigenvalue weighted by Gasteiger charge is 2.29. The summed E-state index contributed by atoms with van der Waals surface area (Å²) in [6.45, 7) is 6.35. The summed E-state index contributed by atoms with van der Waals surface area (Å²) in [5.41, 5.74) is 4.04. The third-order valence-corrected chi connectivity index (χ3v) is 6.65. The van der Waals surface area contributed by atoms with Gasteiger partial charge in [-0.25, -0.2) is 9.59 Å². The number of rotatable bonds is 8. The maximum absolute atomic E-state index is 13.2. The summed E-state index contributed by atoms with van der Waals surface area (Å²) in [4.78, 5) is 26.3. The minimum Gasteiger partial charge on any atom is -0.419 e. The van der Waals surface area contributed by atoms with Gasteiger partial charge in [0.05, 0.1) is 11.1 Å². The molecule has 0 saturated heterocycles. The zero-order chi connectivity index (χ0) is 24.8. The van der Waals surface area contributed by atoms with Crippen LogP contribution in [0.2, 0.25) is 0 Å². The molecule has 0 spiro atoms. The summed E-state index contributed by atoms with van der Waals surface area (Å²) < 4.78 is 12.1. The van der Waals surface area contributed by atoms with Gasteiger partial charge in [-0.05, 0) is 72.9 Å². The molecule has 4 nitrogen and oxygen atoms in total. The van der Waals surface area contributed by atoms with Gasteiger partial charge in [0.1, 0.15) is 0 Å². The van der Waals surface area contributed by atoms with E-state index in [2.05, 4.69) is 19.9 Å². The number of hydrogen-bond donors (Lipinski definition) is 0. The van der Waals surface area contributed by atoms with Crippen LogP contribution in [0, 0.1) is 5.92 Å². The first-order chi connectivity index (χ1) is 17.0. The Morgan fingerprint density at radius 3 is 1.83 bits per heavy atom. The van der Waals surface area contributed by atoms with Crippen LogP contribution in [0.3, 0.4) is 0 Å². The molecule has 0 atom stereocenters. The second-order valence-electron chi connectivity index (χ2n) is 9.71. The summed E-state index contributed by atoms with van der Waals surface area (Å²) in [6.07, 6.45) is 6.07. The predicted octanol–water partition coefficient (Wildman–Crippen LogP) is 7.54. The third kappa shape index (κ3) is 5.82. The van der Waals surface area contributed by atoms with Crippen molar-refractivity contribution in [2.75, 3.05) is 0 Å². The molecule has 0 heterocycles. The molecule has 1 fully saturated rings. The quantitative estimate of drug-likeness (QED) is 0.252. The highest BCUT2D eigenvalue weighted by atomic mass is 16.6. The van der Waals surface area contributed by atoms with Crippen molar-refractivity contribution >= 4 is 11.9 Å². The van der Waals surface area contributed by atoms with E-state index in [1.165, 1.54) is 18.4 Å². The fourth-order valence-electron chi connectivity index (χ4n) is 4.91. The first-order valence-corrected chi connectivity index (χ1v) is 12.7. The Labute approximate surface area is 208 Å². The summed E-state index contributed by atoms with van der Waals surface area (Å²) in [7, 11) is 0. The molecule has 35 heavy (non-hydrogen) atoms. The molecule has 1 aliphatic carbocycles. The van der Waals surface area contributed by atoms with Crippen LogP contribution < -0.4 is 9.47 Å². The van der Waals surface area contributed by atoms with E-state index in [4.69, 9.17) is 9.47 Å². The Morgan fingerprint density at radius 1 is 0.829 bits per heavy atom. The molecule has 0 aliphatic heterocycles. The van der Waals surface area contributed by atoms with Crippen molar-refractivity contribution in [2.24, 2.45) is 5.92 Å². The highest BCUT2D eigenvalue weighted by molar-refractivity contribution is 5.93. The Bertz CT molecular complexity index is 1160. The minimum atomic E-state index is -0.457. The molecule has 4 heteroatoms. The van der Waals surface area contributed by atoms with Crippen molar-refractivity contribution < 1.29 is 19.1 Å². The molecular weight excluding hydrogens is 436 g/mol. The third-order valence-electron chi connectivity index (χ3n) is 6.65. The topological polar surface area (TPSA) is 52.6 Å². The van der Waals surface area contributed by atoms with Gasteiger partial charge in [0.2, 0.25) is 0 Å². The van der Waals surface area contributed by atoms with E-state index in [1.807, 2.05) is 31.2 Å². The molecule has 0 N–H and O–H groups in total. The number of ether oxygens (including phenoxy) is 2. The molecule has 1 saturated carbocycles. The van der Waals surface area contributed by atoms with E-state index in [0.717, 1.165) is 30.4 Å². The van der Waals surface area contributed by atoms with Crippen molar-refractivity contribution in [2.45, 2.75) is 65.2 Å². The van der Waals surface area contributed by atoms with Gasteiger partial charge in [-0.2, -0.15) is 0 Å². The summed E-state index contributed by atoms with van der Waals surface area (Å²) in [5, 5.41) is 0. The van der Waals surface area contributed by atoms with Gasteiger partial charge in [-0.3, -0.25) is 0 Å². The zero-order valence-electron chi connectivity index (χ0n) is 20.9. The van der Waals surface area contributed by atoms with Gasteiger partial charge < -0.3 is 9.47 Å². The molecule has 3 aromatic carbocycles. The van der Waals surface area contributed by atoms with Crippen LogP contribution >= 0.6 is 0 Å². The monoisotopic (exact) mass is 470 g/mol. The molecule has 0 bridgehead atoms. The molecule has 0 aromatic heterocycles. The van der Waals surface area contributed by atoms with Crippen LogP contribution in [-0.4, -0.2) is 11.9 Å². The number of aryl methyl sites for hydroxylation is 1. The fourth-order valence-corrected chi connectivity index (χ4v) is 4.91. The lowest BCUT2D eigenvalue weighted by Crippen LogP contribution is -2.17. The summed E-state index contributed by atoms with van der Waals surface area (Å²) in [6, 6.07) is 20.1. The second-order valence-corrected chi connectivity index (χ2v) is 9.71. The van der Waals surface area contributed by atoms with E-state index >= 15 is 0 Å². The van der Waals surface area contributed by atoms with Gasteiger partial charge in [0.25, 0.3) is 0 Å². The van der Waals surface area contributed by atoms with E-state index in [-0.39, 0.29) is 0 Å². The lowest BCUT2D eigenvalue weighted by molar-refractivity contribution is 0.0679. The molecule has 182 valence electrons.